The van der Waals surface area contributed by atoms with E-state index in [0.29, 0.717) is 18.7 Å². The molecule has 24 heavy (non-hydrogen) atoms. The number of fused-ring (bicyclic) bond motifs is 1. The van der Waals surface area contributed by atoms with Crippen LogP contribution in [-0.4, -0.2) is 39.6 Å². The number of ketones is 1. The third-order valence-corrected chi connectivity index (χ3v) is 5.39. The molecule has 6 nitrogen and oxygen atoms in total. The normalized spacial score (nSPS) is 28.6. The number of hydrogen-bond acceptors (Lipinski definition) is 4. The van der Waals surface area contributed by atoms with E-state index >= 15 is 0 Å². The van der Waals surface area contributed by atoms with E-state index in [1.54, 1.807) is 11.0 Å². The third kappa shape index (κ3) is 2.41. The molecule has 0 spiro atoms. The van der Waals surface area contributed by atoms with Gasteiger partial charge in [-0.25, -0.2) is 14.8 Å². The van der Waals surface area contributed by atoms with E-state index in [-0.39, 0.29) is 28.7 Å². The Bertz CT molecular complexity index is 763. The fraction of sp³-hybridized carbons (Fsp3) is 0.500. The molecule has 124 valence electrons. The molecule has 0 radical (unpaired) electrons. The molecule has 1 aromatic heterocycles. The van der Waals surface area contributed by atoms with E-state index in [9.17, 15) is 9.59 Å². The largest absolute Gasteiger partial charge is 0.338 e. The van der Waals surface area contributed by atoms with Crippen LogP contribution in [0.5, 0.6) is 0 Å². The molecule has 1 saturated heterocycles. The Morgan fingerprint density at radius 1 is 1.33 bits per heavy atom. The molecule has 3 rings (SSSR count). The minimum Gasteiger partial charge on any atom is -0.338 e. The summed E-state index contributed by atoms with van der Waals surface area (Å²) in [5.41, 5.74) is -0.328. The lowest BCUT2D eigenvalue weighted by Crippen LogP contribution is -2.56. The number of likely N-dealkylation sites (tertiary alicyclic amines) is 1. The van der Waals surface area contributed by atoms with Crippen molar-refractivity contribution in [2.45, 2.75) is 27.2 Å². The molecule has 6 heteroatoms. The quantitative estimate of drug-likeness (QED) is 0.744. The highest BCUT2D eigenvalue weighted by Crippen LogP contribution is 2.52. The number of amides is 1. The van der Waals surface area contributed by atoms with Gasteiger partial charge in [0.15, 0.2) is 5.78 Å². The van der Waals surface area contributed by atoms with Gasteiger partial charge in [0.25, 0.3) is 5.91 Å². The third-order valence-electron chi connectivity index (χ3n) is 5.39. The summed E-state index contributed by atoms with van der Waals surface area (Å²) in [7, 11) is 0. The molecule has 1 fully saturated rings. The fourth-order valence-corrected chi connectivity index (χ4v) is 4.26. The molecule has 0 saturated carbocycles. The number of Topliss-reactive ketones (excluding diaryl/α,β-unsaturated/α-hetero) is 1. The fourth-order valence-electron chi connectivity index (χ4n) is 4.26. The van der Waals surface area contributed by atoms with Gasteiger partial charge < -0.3 is 9.69 Å². The SMILES string of the molecule is [C-]#[N+]C1=C[C@@]2(C)CN(C(=O)c3cncnc3)CC[C@@H]2C(C)(C)C1=O. The number of piperidine rings is 1. The first-order valence-corrected chi connectivity index (χ1v) is 7.99. The van der Waals surface area contributed by atoms with Crippen molar-refractivity contribution in [3.8, 4) is 0 Å². The lowest BCUT2D eigenvalue weighted by molar-refractivity contribution is -0.131. The molecule has 2 atom stereocenters. The highest BCUT2D eigenvalue weighted by molar-refractivity contribution is 6.02. The van der Waals surface area contributed by atoms with Crippen molar-refractivity contribution in [3.63, 3.8) is 0 Å². The van der Waals surface area contributed by atoms with Crippen molar-refractivity contribution >= 4 is 11.7 Å². The maximum absolute atomic E-state index is 12.7. The number of carbonyl (C=O) groups excluding carboxylic acids is 2. The Kier molecular flexibility index (Phi) is 3.75. The van der Waals surface area contributed by atoms with E-state index < -0.39 is 5.41 Å². The van der Waals surface area contributed by atoms with Crippen LogP contribution in [0.25, 0.3) is 4.85 Å². The number of aromatic nitrogens is 2. The van der Waals surface area contributed by atoms with Crippen molar-refractivity contribution in [1.82, 2.24) is 14.9 Å². The van der Waals surface area contributed by atoms with Gasteiger partial charge in [0.05, 0.1) is 12.1 Å². The summed E-state index contributed by atoms with van der Waals surface area (Å²) in [5.74, 6) is -0.0852. The number of hydrogen-bond donors (Lipinski definition) is 0. The average molecular weight is 324 g/mol. The van der Waals surface area contributed by atoms with Gasteiger partial charge in [0, 0.05) is 30.9 Å². The van der Waals surface area contributed by atoms with Crippen LogP contribution in [0.3, 0.4) is 0 Å². The first-order chi connectivity index (χ1) is 11.3. The van der Waals surface area contributed by atoms with Crippen molar-refractivity contribution in [2.24, 2.45) is 16.7 Å². The standard InChI is InChI=1S/C18H20N4O2/c1-17(2)14-5-6-22(16(24)12-8-20-11-21-9-12)10-18(14,3)7-13(19-4)15(17)23/h7-9,11,14H,5-6,10H2,1-3H3/t14-,18+/m1/s1. The molecule has 2 aliphatic rings. The second kappa shape index (κ2) is 5.52. The summed E-state index contributed by atoms with van der Waals surface area (Å²) in [5, 5.41) is 0. The summed E-state index contributed by atoms with van der Waals surface area (Å²) in [4.78, 5) is 38.2. The Labute approximate surface area is 141 Å². The van der Waals surface area contributed by atoms with Gasteiger partial charge in [-0.2, -0.15) is 0 Å². The van der Waals surface area contributed by atoms with Gasteiger partial charge in [-0.05, 0) is 17.8 Å². The molecule has 2 heterocycles. The lowest BCUT2D eigenvalue weighted by atomic mass is 9.55. The van der Waals surface area contributed by atoms with Crippen molar-refractivity contribution in [3.05, 3.63) is 47.5 Å². The Morgan fingerprint density at radius 2 is 2.00 bits per heavy atom. The van der Waals surface area contributed by atoms with E-state index in [1.165, 1.54) is 18.7 Å². The molecule has 0 N–H and O–H groups in total. The van der Waals surface area contributed by atoms with E-state index in [1.807, 2.05) is 20.8 Å². The van der Waals surface area contributed by atoms with Crippen LogP contribution in [0.1, 0.15) is 37.6 Å². The zero-order valence-electron chi connectivity index (χ0n) is 14.1. The average Bonchev–Trinajstić information content (AvgIpc) is 2.58. The van der Waals surface area contributed by atoms with E-state index in [0.717, 1.165) is 6.42 Å². The predicted molar refractivity (Wildman–Crippen MR) is 87.6 cm³/mol. The summed E-state index contributed by atoms with van der Waals surface area (Å²) in [6.45, 7) is 14.3. The Balaban J connectivity index is 1.94. The van der Waals surface area contributed by atoms with Crippen molar-refractivity contribution < 1.29 is 9.59 Å². The van der Waals surface area contributed by atoms with Crippen LogP contribution < -0.4 is 0 Å². The van der Waals surface area contributed by atoms with Gasteiger partial charge in [-0.3, -0.25) is 4.79 Å². The molecule has 1 aromatic rings. The smallest absolute Gasteiger partial charge is 0.257 e. The molecule has 0 unspecified atom stereocenters. The second-order valence-electron chi connectivity index (χ2n) is 7.39. The van der Waals surface area contributed by atoms with Crippen molar-refractivity contribution in [2.75, 3.05) is 13.1 Å². The maximum atomic E-state index is 12.7. The summed E-state index contributed by atoms with van der Waals surface area (Å²) < 4.78 is 0. The zero-order chi connectivity index (χ0) is 17.5. The van der Waals surface area contributed by atoms with E-state index in [4.69, 9.17) is 6.57 Å². The van der Waals surface area contributed by atoms with Crippen molar-refractivity contribution in [1.29, 1.82) is 0 Å². The molecular weight excluding hydrogens is 304 g/mol. The topological polar surface area (TPSA) is 67.5 Å². The minimum atomic E-state index is -0.589. The van der Waals surface area contributed by atoms with Gasteiger partial charge in [-0.1, -0.05) is 26.8 Å². The molecule has 1 aliphatic carbocycles. The zero-order valence-corrected chi connectivity index (χ0v) is 14.1. The maximum Gasteiger partial charge on any atom is 0.257 e. The highest BCUT2D eigenvalue weighted by Gasteiger charge is 2.53. The Morgan fingerprint density at radius 3 is 2.62 bits per heavy atom. The summed E-state index contributed by atoms with van der Waals surface area (Å²) >= 11 is 0. The van der Waals surface area contributed by atoms with Gasteiger partial charge >= 0.3 is 0 Å². The monoisotopic (exact) mass is 324 g/mol. The first-order valence-electron chi connectivity index (χ1n) is 7.99. The van der Waals surface area contributed by atoms with Crippen LogP contribution in [-0.2, 0) is 4.79 Å². The van der Waals surface area contributed by atoms with Crippen LogP contribution in [0.4, 0.5) is 0 Å². The number of carbonyl (C=O) groups is 2. The summed E-state index contributed by atoms with van der Waals surface area (Å²) in [6, 6.07) is 0. The molecular formula is C18H20N4O2. The van der Waals surface area contributed by atoms with Gasteiger partial charge in [0.1, 0.15) is 6.33 Å². The first kappa shape index (κ1) is 16.3. The predicted octanol–water partition coefficient (Wildman–Crippen LogP) is 2.36. The van der Waals surface area contributed by atoms with Gasteiger partial charge in [0.2, 0.25) is 5.70 Å². The molecule has 0 bridgehead atoms. The number of allylic oxidation sites excluding steroid dienone is 1. The molecule has 1 aliphatic heterocycles. The van der Waals surface area contributed by atoms with Crippen LogP contribution in [0.2, 0.25) is 0 Å². The van der Waals surface area contributed by atoms with Crippen LogP contribution in [0.15, 0.2) is 30.5 Å². The van der Waals surface area contributed by atoms with Crippen LogP contribution in [0, 0.1) is 23.3 Å². The Hall–Kier alpha value is -2.55. The van der Waals surface area contributed by atoms with Gasteiger partial charge in [-0.15, -0.1) is 0 Å². The van der Waals surface area contributed by atoms with Crippen LogP contribution >= 0.6 is 0 Å². The highest BCUT2D eigenvalue weighted by atomic mass is 16.2. The second-order valence-corrected chi connectivity index (χ2v) is 7.39. The molecule has 0 aromatic carbocycles. The summed E-state index contributed by atoms with van der Waals surface area (Å²) in [6.07, 6.45) is 6.93. The minimum absolute atomic E-state index is 0.0868. The number of nitrogens with zero attached hydrogens (tertiary/aromatic N) is 4. The lowest BCUT2D eigenvalue weighted by Gasteiger charge is -2.53. The molecule has 1 amide bonds. The number of rotatable bonds is 1. The van der Waals surface area contributed by atoms with E-state index in [2.05, 4.69) is 14.8 Å².